The zero-order chi connectivity index (χ0) is 9.42. The minimum Gasteiger partial charge on any atom is -0.488 e. The minimum absolute atomic E-state index is 0.384. The maximum absolute atomic E-state index is 5.54. The Bertz CT molecular complexity index is 329. The predicted molar refractivity (Wildman–Crippen MR) is 55.3 cm³/mol. The lowest BCUT2D eigenvalue weighted by atomic mass is 10.2. The van der Waals surface area contributed by atoms with Crippen LogP contribution < -0.4 is 9.64 Å². The van der Waals surface area contributed by atoms with Crippen LogP contribution in [0.4, 0.5) is 5.82 Å². The van der Waals surface area contributed by atoms with Crippen LogP contribution in [0.15, 0.2) is 16.7 Å². The molecule has 4 heteroatoms. The lowest BCUT2D eigenvalue weighted by molar-refractivity contribution is 0.272. The van der Waals surface area contributed by atoms with Gasteiger partial charge < -0.3 is 9.64 Å². The number of anilines is 1. The van der Waals surface area contributed by atoms with Crippen molar-refractivity contribution in [1.29, 1.82) is 0 Å². The molecular weight excluding hydrogens is 232 g/mol. The number of halogens is 1. The van der Waals surface area contributed by atoms with Gasteiger partial charge in [-0.25, -0.2) is 4.98 Å². The standard InChI is InChI=1S/C9H11BrN2O/c1-6-5-13-7-3-4-8(10)11-9(7)12(6)2/h3-4,6H,5H2,1-2H3. The van der Waals surface area contributed by atoms with Crippen molar-refractivity contribution in [2.24, 2.45) is 0 Å². The van der Waals surface area contributed by atoms with E-state index >= 15 is 0 Å². The third-order valence-corrected chi connectivity index (χ3v) is 2.72. The Labute approximate surface area is 85.8 Å². The molecule has 1 unspecified atom stereocenters. The third-order valence-electron chi connectivity index (χ3n) is 2.28. The molecule has 13 heavy (non-hydrogen) atoms. The quantitative estimate of drug-likeness (QED) is 0.652. The molecule has 3 nitrogen and oxygen atoms in total. The highest BCUT2D eigenvalue weighted by Crippen LogP contribution is 2.31. The number of likely N-dealkylation sites (N-methyl/N-ethyl adjacent to an activating group) is 1. The molecular formula is C9H11BrN2O. The summed E-state index contributed by atoms with van der Waals surface area (Å²) in [5.41, 5.74) is 0. The van der Waals surface area contributed by atoms with E-state index in [2.05, 4.69) is 32.7 Å². The molecule has 1 aliphatic rings. The molecule has 1 aromatic heterocycles. The molecule has 1 atom stereocenters. The summed E-state index contributed by atoms with van der Waals surface area (Å²) in [5, 5.41) is 0. The summed E-state index contributed by atoms with van der Waals surface area (Å²) in [6.45, 7) is 2.85. The van der Waals surface area contributed by atoms with Crippen LogP contribution in [0.5, 0.6) is 5.75 Å². The number of ether oxygens (including phenoxy) is 1. The molecule has 0 saturated carbocycles. The van der Waals surface area contributed by atoms with E-state index < -0.39 is 0 Å². The molecule has 70 valence electrons. The van der Waals surface area contributed by atoms with Crippen LogP contribution >= 0.6 is 15.9 Å². The van der Waals surface area contributed by atoms with Crippen LogP contribution in [0.1, 0.15) is 6.92 Å². The van der Waals surface area contributed by atoms with Crippen molar-refractivity contribution < 1.29 is 4.74 Å². The fourth-order valence-electron chi connectivity index (χ4n) is 1.31. The maximum atomic E-state index is 5.54. The zero-order valence-electron chi connectivity index (χ0n) is 7.62. The first-order valence-corrected chi connectivity index (χ1v) is 5.00. The second-order valence-corrected chi connectivity index (χ2v) is 4.04. The molecule has 1 aromatic rings. The number of hydrogen-bond donors (Lipinski definition) is 0. The maximum Gasteiger partial charge on any atom is 0.172 e. The van der Waals surface area contributed by atoms with Crippen LogP contribution in [0.25, 0.3) is 0 Å². The van der Waals surface area contributed by atoms with Crippen LogP contribution in [-0.2, 0) is 0 Å². The zero-order valence-corrected chi connectivity index (χ0v) is 9.21. The van der Waals surface area contributed by atoms with E-state index in [1.165, 1.54) is 0 Å². The highest BCUT2D eigenvalue weighted by atomic mass is 79.9. The highest BCUT2D eigenvalue weighted by Gasteiger charge is 2.22. The third kappa shape index (κ3) is 1.50. The Kier molecular flexibility index (Phi) is 2.15. The van der Waals surface area contributed by atoms with Gasteiger partial charge >= 0.3 is 0 Å². The van der Waals surface area contributed by atoms with Gasteiger partial charge in [-0.15, -0.1) is 0 Å². The average Bonchev–Trinajstić information content (AvgIpc) is 2.12. The summed E-state index contributed by atoms with van der Waals surface area (Å²) < 4.78 is 6.38. The molecule has 2 heterocycles. The number of pyridine rings is 1. The summed E-state index contributed by atoms with van der Waals surface area (Å²) >= 11 is 3.34. The van der Waals surface area contributed by atoms with Gasteiger partial charge in [-0.1, -0.05) is 0 Å². The van der Waals surface area contributed by atoms with Crippen LogP contribution in [0.2, 0.25) is 0 Å². The number of hydrogen-bond acceptors (Lipinski definition) is 3. The van der Waals surface area contributed by atoms with Gasteiger partial charge in [0.05, 0.1) is 6.04 Å². The predicted octanol–water partition coefficient (Wildman–Crippen LogP) is 2.06. The molecule has 0 spiro atoms. The Hall–Kier alpha value is -0.770. The molecule has 0 fully saturated rings. The highest BCUT2D eigenvalue weighted by molar-refractivity contribution is 9.10. The van der Waals surface area contributed by atoms with Crippen LogP contribution in [0, 0.1) is 0 Å². The van der Waals surface area contributed by atoms with Crippen molar-refractivity contribution in [2.45, 2.75) is 13.0 Å². The lowest BCUT2D eigenvalue weighted by Gasteiger charge is -2.32. The van der Waals surface area contributed by atoms with E-state index in [0.717, 1.165) is 22.8 Å². The van der Waals surface area contributed by atoms with Gasteiger partial charge in [0, 0.05) is 7.05 Å². The van der Waals surface area contributed by atoms with E-state index in [9.17, 15) is 0 Å². The SMILES string of the molecule is CC1COc2ccc(Br)nc2N1C. The number of nitrogens with zero attached hydrogens (tertiary/aromatic N) is 2. The first-order chi connectivity index (χ1) is 6.18. The first kappa shape index (κ1) is 8.81. The molecule has 1 aliphatic heterocycles. The van der Waals surface area contributed by atoms with Gasteiger partial charge in [0.25, 0.3) is 0 Å². The van der Waals surface area contributed by atoms with E-state index in [1.807, 2.05) is 19.2 Å². The second kappa shape index (κ2) is 3.18. The molecule has 0 aromatic carbocycles. The average molecular weight is 243 g/mol. The van der Waals surface area contributed by atoms with Crippen molar-refractivity contribution >= 4 is 21.7 Å². The van der Waals surface area contributed by atoms with Crippen molar-refractivity contribution in [3.63, 3.8) is 0 Å². The van der Waals surface area contributed by atoms with Gasteiger partial charge in [0.15, 0.2) is 11.6 Å². The number of aromatic nitrogens is 1. The molecule has 2 rings (SSSR count). The van der Waals surface area contributed by atoms with Crippen molar-refractivity contribution in [1.82, 2.24) is 4.98 Å². The number of rotatable bonds is 0. The summed E-state index contributed by atoms with van der Waals surface area (Å²) in [4.78, 5) is 6.49. The Balaban J connectivity index is 2.45. The van der Waals surface area contributed by atoms with Gasteiger partial charge in [-0.3, -0.25) is 0 Å². The van der Waals surface area contributed by atoms with Gasteiger partial charge in [-0.2, -0.15) is 0 Å². The van der Waals surface area contributed by atoms with Crippen molar-refractivity contribution in [3.05, 3.63) is 16.7 Å². The topological polar surface area (TPSA) is 25.4 Å². The Morgan fingerprint density at radius 2 is 2.38 bits per heavy atom. The normalized spacial score (nSPS) is 20.8. The van der Waals surface area contributed by atoms with Crippen LogP contribution in [0.3, 0.4) is 0 Å². The fraction of sp³-hybridized carbons (Fsp3) is 0.444. The van der Waals surface area contributed by atoms with E-state index in [-0.39, 0.29) is 0 Å². The summed E-state index contributed by atoms with van der Waals surface area (Å²) in [6, 6.07) is 4.21. The lowest BCUT2D eigenvalue weighted by Crippen LogP contribution is -2.38. The van der Waals surface area contributed by atoms with E-state index in [1.54, 1.807) is 0 Å². The molecule has 0 bridgehead atoms. The fourth-order valence-corrected chi connectivity index (χ4v) is 1.61. The molecule has 0 amide bonds. The monoisotopic (exact) mass is 242 g/mol. The van der Waals surface area contributed by atoms with Crippen LogP contribution in [-0.4, -0.2) is 24.7 Å². The van der Waals surface area contributed by atoms with Crippen molar-refractivity contribution in [2.75, 3.05) is 18.6 Å². The van der Waals surface area contributed by atoms with E-state index in [0.29, 0.717) is 6.04 Å². The molecule has 0 aliphatic carbocycles. The molecule has 0 saturated heterocycles. The first-order valence-electron chi connectivity index (χ1n) is 4.20. The Morgan fingerprint density at radius 3 is 3.15 bits per heavy atom. The summed E-state index contributed by atoms with van der Waals surface area (Å²) in [7, 11) is 2.03. The molecule has 0 radical (unpaired) electrons. The Morgan fingerprint density at radius 1 is 1.62 bits per heavy atom. The molecule has 0 N–H and O–H groups in total. The minimum atomic E-state index is 0.384. The van der Waals surface area contributed by atoms with Crippen molar-refractivity contribution in [3.8, 4) is 5.75 Å². The van der Waals surface area contributed by atoms with Gasteiger partial charge in [-0.05, 0) is 35.0 Å². The smallest absolute Gasteiger partial charge is 0.172 e. The largest absolute Gasteiger partial charge is 0.488 e. The number of fused-ring (bicyclic) bond motifs is 1. The summed E-state index contributed by atoms with van der Waals surface area (Å²) in [6.07, 6.45) is 0. The second-order valence-electron chi connectivity index (χ2n) is 3.23. The van der Waals surface area contributed by atoms with Gasteiger partial charge in [0.1, 0.15) is 11.2 Å². The van der Waals surface area contributed by atoms with E-state index in [4.69, 9.17) is 4.74 Å². The summed E-state index contributed by atoms with van der Waals surface area (Å²) in [5.74, 6) is 1.77. The van der Waals surface area contributed by atoms with Gasteiger partial charge in [0.2, 0.25) is 0 Å².